The Morgan fingerprint density at radius 2 is 2.00 bits per heavy atom. The van der Waals surface area contributed by atoms with Gasteiger partial charge in [0.05, 0.1) is 9.23 Å². The maximum Gasteiger partial charge on any atom is 0.241 e. The van der Waals surface area contributed by atoms with Crippen molar-refractivity contribution < 1.29 is 8.42 Å². The third-order valence-electron chi connectivity index (χ3n) is 3.27. The number of nitrogens with two attached hydrogens (primary N) is 1. The smallest absolute Gasteiger partial charge is 0.241 e. The van der Waals surface area contributed by atoms with E-state index >= 15 is 0 Å². The fourth-order valence-corrected chi connectivity index (χ4v) is 4.48. The highest BCUT2D eigenvalue weighted by atomic mass is 35.5. The molecule has 4 nitrogen and oxygen atoms in total. The van der Waals surface area contributed by atoms with Crippen LogP contribution in [-0.4, -0.2) is 8.42 Å². The summed E-state index contributed by atoms with van der Waals surface area (Å²) in [7, 11) is -3.58. The van der Waals surface area contributed by atoms with Crippen molar-refractivity contribution in [2.75, 3.05) is 0 Å². The number of halogens is 1. The van der Waals surface area contributed by atoms with Crippen LogP contribution in [0.3, 0.4) is 0 Å². The van der Waals surface area contributed by atoms with E-state index in [2.05, 4.69) is 4.72 Å². The zero-order chi connectivity index (χ0) is 15.6. The van der Waals surface area contributed by atoms with Crippen LogP contribution < -0.4 is 10.5 Å². The summed E-state index contributed by atoms with van der Waals surface area (Å²) in [5.41, 5.74) is 8.08. The Balaban J connectivity index is 2.29. The number of hydrogen-bond donors (Lipinski definition) is 2. The maximum absolute atomic E-state index is 12.5. The molecule has 1 aromatic heterocycles. The summed E-state index contributed by atoms with van der Waals surface area (Å²) in [5.74, 6) is 0. The van der Waals surface area contributed by atoms with Gasteiger partial charge in [-0.25, -0.2) is 13.1 Å². The van der Waals surface area contributed by atoms with Crippen LogP contribution in [0, 0.1) is 13.8 Å². The molecule has 0 saturated carbocycles. The van der Waals surface area contributed by atoms with E-state index < -0.39 is 10.0 Å². The van der Waals surface area contributed by atoms with Gasteiger partial charge in [-0.3, -0.25) is 0 Å². The normalized spacial score (nSPS) is 11.8. The molecule has 21 heavy (non-hydrogen) atoms. The number of rotatable bonds is 5. The Labute approximate surface area is 134 Å². The molecule has 0 aliphatic carbocycles. The summed E-state index contributed by atoms with van der Waals surface area (Å²) in [5, 5.41) is 0. The minimum Gasteiger partial charge on any atom is -0.326 e. The van der Waals surface area contributed by atoms with E-state index in [-0.39, 0.29) is 11.4 Å². The summed E-state index contributed by atoms with van der Waals surface area (Å²) in [4.78, 5) is 1.15. The van der Waals surface area contributed by atoms with Gasteiger partial charge in [-0.1, -0.05) is 17.7 Å². The molecular formula is C14H17ClN2O2S2. The van der Waals surface area contributed by atoms with Crippen molar-refractivity contribution >= 4 is 33.0 Å². The highest BCUT2D eigenvalue weighted by molar-refractivity contribution is 7.89. The molecule has 0 atom stereocenters. The van der Waals surface area contributed by atoms with Gasteiger partial charge in [0.2, 0.25) is 10.0 Å². The second-order valence-corrected chi connectivity index (χ2v) is 8.31. The quantitative estimate of drug-likeness (QED) is 0.875. The molecule has 1 heterocycles. The van der Waals surface area contributed by atoms with Gasteiger partial charge in [0.1, 0.15) is 0 Å². The molecule has 1 aromatic carbocycles. The maximum atomic E-state index is 12.5. The Kier molecular flexibility index (Phi) is 5.06. The first-order valence-corrected chi connectivity index (χ1v) is 9.05. The molecule has 0 aliphatic rings. The summed E-state index contributed by atoms with van der Waals surface area (Å²) >= 11 is 7.20. The van der Waals surface area contributed by atoms with E-state index in [0.717, 1.165) is 21.6 Å². The van der Waals surface area contributed by atoms with Gasteiger partial charge in [0, 0.05) is 18.0 Å². The molecule has 114 valence electrons. The molecule has 0 bridgehead atoms. The van der Waals surface area contributed by atoms with Crippen LogP contribution in [0.25, 0.3) is 0 Å². The Bertz CT molecular complexity index is 754. The van der Waals surface area contributed by atoms with Crippen LogP contribution in [-0.2, 0) is 23.1 Å². The van der Waals surface area contributed by atoms with Crippen LogP contribution in [0.1, 0.15) is 21.6 Å². The van der Waals surface area contributed by atoms with Crippen molar-refractivity contribution in [2.45, 2.75) is 31.8 Å². The Morgan fingerprint density at radius 1 is 1.29 bits per heavy atom. The zero-order valence-corrected chi connectivity index (χ0v) is 14.2. The van der Waals surface area contributed by atoms with Crippen LogP contribution in [0.15, 0.2) is 29.2 Å². The van der Waals surface area contributed by atoms with E-state index in [4.69, 9.17) is 17.3 Å². The lowest BCUT2D eigenvalue weighted by Gasteiger charge is -2.12. The van der Waals surface area contributed by atoms with Gasteiger partial charge >= 0.3 is 0 Å². The van der Waals surface area contributed by atoms with Crippen molar-refractivity contribution in [3.8, 4) is 0 Å². The van der Waals surface area contributed by atoms with E-state index in [1.54, 1.807) is 19.1 Å². The van der Waals surface area contributed by atoms with E-state index in [1.165, 1.54) is 11.3 Å². The predicted octanol–water partition coefficient (Wildman–Crippen LogP) is 2.96. The van der Waals surface area contributed by atoms with Crippen molar-refractivity contribution in [1.82, 2.24) is 4.72 Å². The topological polar surface area (TPSA) is 72.2 Å². The lowest BCUT2D eigenvalue weighted by atomic mass is 10.1. The first kappa shape index (κ1) is 16.5. The van der Waals surface area contributed by atoms with Crippen molar-refractivity contribution in [3.05, 3.63) is 50.2 Å². The van der Waals surface area contributed by atoms with E-state index in [1.807, 2.05) is 19.1 Å². The van der Waals surface area contributed by atoms with Crippen molar-refractivity contribution in [1.29, 1.82) is 0 Å². The SMILES string of the molecule is Cc1cc(CN)cc(S(=O)(=O)NCc2ccc(Cl)s2)c1C. The molecule has 0 amide bonds. The number of nitrogens with one attached hydrogen (secondary N) is 1. The number of sulfonamides is 1. The summed E-state index contributed by atoms with van der Waals surface area (Å²) in [6.45, 7) is 4.22. The van der Waals surface area contributed by atoms with Gasteiger partial charge in [0.15, 0.2) is 0 Å². The molecule has 0 spiro atoms. The highest BCUT2D eigenvalue weighted by Gasteiger charge is 2.18. The number of thiophene rings is 1. The highest BCUT2D eigenvalue weighted by Crippen LogP contribution is 2.23. The molecule has 0 aliphatic heterocycles. The fraction of sp³-hybridized carbons (Fsp3) is 0.286. The first-order chi connectivity index (χ1) is 9.83. The molecular weight excluding hydrogens is 328 g/mol. The molecule has 3 N–H and O–H groups in total. The van der Waals surface area contributed by atoms with E-state index in [0.29, 0.717) is 10.9 Å². The van der Waals surface area contributed by atoms with Gasteiger partial charge in [-0.05, 0) is 48.7 Å². The van der Waals surface area contributed by atoms with Crippen LogP contribution in [0.2, 0.25) is 4.34 Å². The van der Waals surface area contributed by atoms with Gasteiger partial charge in [0.25, 0.3) is 0 Å². The lowest BCUT2D eigenvalue weighted by molar-refractivity contribution is 0.581. The second-order valence-electron chi connectivity index (χ2n) is 4.77. The first-order valence-electron chi connectivity index (χ1n) is 6.37. The summed E-state index contributed by atoms with van der Waals surface area (Å²) < 4.78 is 28.2. The molecule has 2 aromatic rings. The summed E-state index contributed by atoms with van der Waals surface area (Å²) in [6.07, 6.45) is 0. The fourth-order valence-electron chi connectivity index (χ4n) is 1.99. The molecule has 0 unspecified atom stereocenters. The summed E-state index contributed by atoms with van der Waals surface area (Å²) in [6, 6.07) is 7.10. The average molecular weight is 345 g/mol. The molecule has 2 rings (SSSR count). The molecule has 0 fully saturated rings. The predicted molar refractivity (Wildman–Crippen MR) is 87.2 cm³/mol. The Morgan fingerprint density at radius 3 is 2.57 bits per heavy atom. The number of benzene rings is 1. The van der Waals surface area contributed by atoms with Gasteiger partial charge < -0.3 is 5.73 Å². The largest absolute Gasteiger partial charge is 0.326 e. The van der Waals surface area contributed by atoms with Crippen LogP contribution in [0.4, 0.5) is 0 Å². The monoisotopic (exact) mass is 344 g/mol. The Hall–Kier alpha value is -0.920. The van der Waals surface area contributed by atoms with Gasteiger partial charge in [-0.15, -0.1) is 11.3 Å². The van der Waals surface area contributed by atoms with E-state index in [9.17, 15) is 8.42 Å². The standard InChI is InChI=1S/C14H17ClN2O2S2/c1-9-5-11(7-16)6-13(10(9)2)21(18,19)17-8-12-3-4-14(15)20-12/h3-6,17H,7-8,16H2,1-2H3. The molecule has 0 radical (unpaired) electrons. The minimum atomic E-state index is -3.58. The average Bonchev–Trinajstić information content (AvgIpc) is 2.85. The van der Waals surface area contributed by atoms with Crippen LogP contribution in [0.5, 0.6) is 0 Å². The zero-order valence-electron chi connectivity index (χ0n) is 11.8. The third-order valence-corrected chi connectivity index (χ3v) is 6.03. The van der Waals surface area contributed by atoms with Gasteiger partial charge in [-0.2, -0.15) is 0 Å². The molecule has 0 saturated heterocycles. The van der Waals surface area contributed by atoms with Crippen LogP contribution >= 0.6 is 22.9 Å². The second kappa shape index (κ2) is 6.46. The lowest BCUT2D eigenvalue weighted by Crippen LogP contribution is -2.24. The minimum absolute atomic E-state index is 0.227. The van der Waals surface area contributed by atoms with Crippen molar-refractivity contribution in [3.63, 3.8) is 0 Å². The number of aryl methyl sites for hydroxylation is 1. The third kappa shape index (κ3) is 3.84. The molecule has 7 heteroatoms. The number of hydrogen-bond acceptors (Lipinski definition) is 4. The van der Waals surface area contributed by atoms with Crippen molar-refractivity contribution in [2.24, 2.45) is 5.73 Å².